The molecule has 0 aromatic carbocycles. The number of aliphatic imine (C=N–C) groups is 1. The molecule has 0 fully saturated rings. The van der Waals surface area contributed by atoms with Crippen LogP contribution in [0.25, 0.3) is 5.70 Å². The van der Waals surface area contributed by atoms with Gasteiger partial charge in [0, 0.05) is 25.0 Å². The molecule has 0 aliphatic carbocycles. The van der Waals surface area contributed by atoms with Gasteiger partial charge >= 0.3 is 0 Å². The van der Waals surface area contributed by atoms with Crippen LogP contribution in [0.15, 0.2) is 27.9 Å². The minimum atomic E-state index is 0.576. The van der Waals surface area contributed by atoms with Gasteiger partial charge in [-0.15, -0.1) is 0 Å². The molecule has 0 radical (unpaired) electrons. The summed E-state index contributed by atoms with van der Waals surface area (Å²) in [6, 6.07) is 1.81. The van der Waals surface area contributed by atoms with E-state index in [0.29, 0.717) is 11.4 Å². The summed E-state index contributed by atoms with van der Waals surface area (Å²) in [6.45, 7) is 0. The molecule has 1 rings (SSSR count). The lowest BCUT2D eigenvalue weighted by Gasteiger charge is -2.04. The lowest BCUT2D eigenvalue weighted by molar-refractivity contribution is 0.412. The van der Waals surface area contributed by atoms with E-state index in [9.17, 15) is 0 Å². The molecule has 0 saturated carbocycles. The Morgan fingerprint density at radius 3 is 2.93 bits per heavy atom. The fraction of sp³-hybridized carbons (Fsp3) is 0.200. The van der Waals surface area contributed by atoms with Crippen LogP contribution < -0.4 is 10.5 Å². The molecule has 2 N–H and O–H groups in total. The Morgan fingerprint density at radius 1 is 1.60 bits per heavy atom. The van der Waals surface area contributed by atoms with E-state index in [1.165, 1.54) is 0 Å². The van der Waals surface area contributed by atoms with Crippen LogP contribution in [0.2, 0.25) is 0 Å². The summed E-state index contributed by atoms with van der Waals surface area (Å²) >= 11 is 3.32. The zero-order chi connectivity index (χ0) is 11.3. The number of aromatic nitrogens is 1. The number of pyridine rings is 1. The van der Waals surface area contributed by atoms with Crippen molar-refractivity contribution >= 4 is 27.8 Å². The zero-order valence-electron chi connectivity index (χ0n) is 8.57. The summed E-state index contributed by atoms with van der Waals surface area (Å²) in [4.78, 5) is 7.88. The van der Waals surface area contributed by atoms with Crippen molar-refractivity contribution in [1.82, 2.24) is 4.98 Å². The molecule has 5 heteroatoms. The van der Waals surface area contributed by atoms with Crippen molar-refractivity contribution in [3.63, 3.8) is 0 Å². The van der Waals surface area contributed by atoms with Gasteiger partial charge < -0.3 is 10.5 Å². The molecule has 1 heterocycles. The molecule has 0 spiro atoms. The lowest BCUT2D eigenvalue weighted by Crippen LogP contribution is -2.00. The van der Waals surface area contributed by atoms with E-state index >= 15 is 0 Å². The summed E-state index contributed by atoms with van der Waals surface area (Å²) in [6.07, 6.45) is 4.93. The average molecular weight is 270 g/mol. The standard InChI is InChI=1S/C10H12BrN3O/c1-13-6-9(11)10(12)7-3-8(15-2)5-14-4-7/h3-6H,12H2,1-2H3. The van der Waals surface area contributed by atoms with Crippen molar-refractivity contribution in [1.29, 1.82) is 0 Å². The lowest BCUT2D eigenvalue weighted by atomic mass is 10.2. The summed E-state index contributed by atoms with van der Waals surface area (Å²) < 4.78 is 5.78. The van der Waals surface area contributed by atoms with Gasteiger partial charge in [-0.25, -0.2) is 0 Å². The van der Waals surface area contributed by atoms with Crippen LogP contribution in [0.1, 0.15) is 5.56 Å². The second-order valence-corrected chi connectivity index (χ2v) is 3.62. The molecule has 0 unspecified atom stereocenters. The van der Waals surface area contributed by atoms with E-state index in [1.54, 1.807) is 32.8 Å². The highest BCUT2D eigenvalue weighted by molar-refractivity contribution is 9.12. The van der Waals surface area contributed by atoms with Crippen molar-refractivity contribution in [3.8, 4) is 5.75 Å². The predicted octanol–water partition coefficient (Wildman–Crippen LogP) is 1.81. The molecule has 0 atom stereocenters. The third-order valence-electron chi connectivity index (χ3n) is 1.76. The van der Waals surface area contributed by atoms with Crippen LogP contribution in [0.3, 0.4) is 0 Å². The first-order valence-corrected chi connectivity index (χ1v) is 5.05. The molecule has 4 nitrogen and oxygen atoms in total. The number of hydrogen-bond acceptors (Lipinski definition) is 4. The van der Waals surface area contributed by atoms with E-state index in [2.05, 4.69) is 25.9 Å². The summed E-state index contributed by atoms with van der Waals surface area (Å²) in [5.74, 6) is 0.671. The number of rotatable bonds is 3. The largest absolute Gasteiger partial charge is 0.495 e. The monoisotopic (exact) mass is 269 g/mol. The Hall–Kier alpha value is -1.36. The van der Waals surface area contributed by atoms with Crippen molar-refractivity contribution < 1.29 is 4.74 Å². The maximum atomic E-state index is 5.89. The summed E-state index contributed by atoms with van der Waals surface area (Å²) in [5.41, 5.74) is 7.26. The second-order valence-electron chi connectivity index (χ2n) is 2.76. The molecule has 0 saturated heterocycles. The van der Waals surface area contributed by atoms with Crippen molar-refractivity contribution in [2.24, 2.45) is 10.7 Å². The SMILES string of the molecule is CN=CC(Br)=C(N)c1cncc(OC)c1. The second kappa shape index (κ2) is 5.50. The Morgan fingerprint density at radius 2 is 2.33 bits per heavy atom. The smallest absolute Gasteiger partial charge is 0.137 e. The minimum Gasteiger partial charge on any atom is -0.495 e. The van der Waals surface area contributed by atoms with Crippen molar-refractivity contribution in [2.45, 2.75) is 0 Å². The highest BCUT2D eigenvalue weighted by Crippen LogP contribution is 2.19. The van der Waals surface area contributed by atoms with Crippen molar-refractivity contribution in [2.75, 3.05) is 14.2 Å². The van der Waals surface area contributed by atoms with E-state index in [1.807, 2.05) is 6.07 Å². The molecule has 1 aromatic rings. The average Bonchev–Trinajstić information content (AvgIpc) is 2.28. The Bertz CT molecular complexity index is 401. The third-order valence-corrected chi connectivity index (χ3v) is 2.39. The molecular weight excluding hydrogens is 258 g/mol. The van der Waals surface area contributed by atoms with Crippen LogP contribution >= 0.6 is 15.9 Å². The Balaban J connectivity index is 3.10. The molecular formula is C10H12BrN3O. The van der Waals surface area contributed by atoms with Crippen LogP contribution in [0, 0.1) is 0 Å². The van der Waals surface area contributed by atoms with E-state index in [0.717, 1.165) is 10.0 Å². The zero-order valence-corrected chi connectivity index (χ0v) is 10.2. The van der Waals surface area contributed by atoms with Crippen LogP contribution in [0.4, 0.5) is 0 Å². The third kappa shape index (κ3) is 3.06. The quantitative estimate of drug-likeness (QED) is 0.852. The Labute approximate surface area is 97.0 Å². The summed E-state index contributed by atoms with van der Waals surface area (Å²) in [5, 5.41) is 0. The Kier molecular flexibility index (Phi) is 4.30. The predicted molar refractivity (Wildman–Crippen MR) is 65.2 cm³/mol. The van der Waals surface area contributed by atoms with Gasteiger partial charge in [-0.1, -0.05) is 0 Å². The molecule has 0 amide bonds. The highest BCUT2D eigenvalue weighted by atomic mass is 79.9. The fourth-order valence-corrected chi connectivity index (χ4v) is 1.43. The van der Waals surface area contributed by atoms with Crippen LogP contribution in [-0.4, -0.2) is 25.4 Å². The van der Waals surface area contributed by atoms with Gasteiger partial charge in [0.1, 0.15) is 5.75 Å². The first kappa shape index (κ1) is 11.7. The highest BCUT2D eigenvalue weighted by Gasteiger charge is 2.03. The van der Waals surface area contributed by atoms with E-state index in [4.69, 9.17) is 10.5 Å². The molecule has 0 bridgehead atoms. The number of ether oxygens (including phenoxy) is 1. The van der Waals surface area contributed by atoms with E-state index < -0.39 is 0 Å². The number of hydrogen-bond donors (Lipinski definition) is 1. The molecule has 0 aliphatic heterocycles. The van der Waals surface area contributed by atoms with Gasteiger partial charge in [0.25, 0.3) is 0 Å². The molecule has 1 aromatic heterocycles. The van der Waals surface area contributed by atoms with Crippen LogP contribution in [-0.2, 0) is 0 Å². The van der Waals surface area contributed by atoms with Gasteiger partial charge in [0.2, 0.25) is 0 Å². The number of methoxy groups -OCH3 is 1. The van der Waals surface area contributed by atoms with Crippen LogP contribution in [0.5, 0.6) is 5.75 Å². The van der Waals surface area contributed by atoms with Gasteiger partial charge in [-0.05, 0) is 22.0 Å². The molecule has 80 valence electrons. The van der Waals surface area contributed by atoms with Gasteiger partial charge in [-0.2, -0.15) is 0 Å². The maximum absolute atomic E-state index is 5.89. The number of halogens is 1. The van der Waals surface area contributed by atoms with Gasteiger partial charge in [0.05, 0.1) is 23.5 Å². The van der Waals surface area contributed by atoms with Gasteiger partial charge in [-0.3, -0.25) is 9.98 Å². The first-order valence-electron chi connectivity index (χ1n) is 4.26. The van der Waals surface area contributed by atoms with Crippen molar-refractivity contribution in [3.05, 3.63) is 28.5 Å². The molecule has 0 aliphatic rings. The maximum Gasteiger partial charge on any atom is 0.137 e. The molecule has 15 heavy (non-hydrogen) atoms. The topological polar surface area (TPSA) is 60.5 Å². The summed E-state index contributed by atoms with van der Waals surface area (Å²) in [7, 11) is 3.27. The fourth-order valence-electron chi connectivity index (χ4n) is 0.999. The van der Waals surface area contributed by atoms with E-state index in [-0.39, 0.29) is 0 Å². The number of nitrogens with two attached hydrogens (primary N) is 1. The minimum absolute atomic E-state index is 0.576. The number of nitrogens with zero attached hydrogens (tertiary/aromatic N) is 2. The first-order chi connectivity index (χ1) is 7.19. The number of allylic oxidation sites excluding steroid dienone is 1. The normalized spacial score (nSPS) is 12.7. The van der Waals surface area contributed by atoms with Gasteiger partial charge in [0.15, 0.2) is 0 Å².